The molecule has 0 aromatic carbocycles. The third-order valence-corrected chi connectivity index (χ3v) is 1.09. The molecule has 1 fully saturated rings. The van der Waals surface area contributed by atoms with E-state index in [0.717, 1.165) is 12.7 Å². The summed E-state index contributed by atoms with van der Waals surface area (Å²) in [6, 6.07) is 0. The molecule has 0 amide bonds. The average molecular weight is 116 g/mol. The van der Waals surface area contributed by atoms with Crippen LogP contribution in [-0.2, 0) is 14.6 Å². The minimum Gasteiger partial charge on any atom is -0.303 e. The lowest BCUT2D eigenvalue weighted by atomic mass is 10.2. The van der Waals surface area contributed by atoms with Crippen molar-refractivity contribution in [3.63, 3.8) is 0 Å². The van der Waals surface area contributed by atoms with E-state index in [1.165, 1.54) is 0 Å². The van der Waals surface area contributed by atoms with E-state index in [1.807, 2.05) is 0 Å². The van der Waals surface area contributed by atoms with Crippen LogP contribution >= 0.6 is 0 Å². The predicted octanol–water partition coefficient (Wildman–Crippen LogP) is 0.296. The Kier molecular flexibility index (Phi) is 2.00. The van der Waals surface area contributed by atoms with Crippen LogP contribution in [0.25, 0.3) is 0 Å². The molecule has 1 heterocycles. The van der Waals surface area contributed by atoms with Crippen LogP contribution in [0.1, 0.15) is 12.8 Å². The van der Waals surface area contributed by atoms with Gasteiger partial charge in [-0.25, -0.2) is 9.78 Å². The Labute approximate surface area is 47.5 Å². The maximum absolute atomic E-state index is 9.83. The van der Waals surface area contributed by atoms with Gasteiger partial charge in [0.1, 0.15) is 12.4 Å². The molecule has 3 heteroatoms. The Morgan fingerprint density at radius 3 is 3.12 bits per heavy atom. The summed E-state index contributed by atoms with van der Waals surface area (Å²) in [4.78, 5) is 19.0. The molecular weight excluding hydrogens is 108 g/mol. The van der Waals surface area contributed by atoms with Gasteiger partial charge in [0.15, 0.2) is 0 Å². The standard InChI is InChI=1S/C5H8O3/c6-3-1-5-2-4-7-8-5/h3,5H,1-2,4H2. The maximum Gasteiger partial charge on any atom is 0.122 e. The number of rotatable bonds is 2. The van der Waals surface area contributed by atoms with Crippen LogP contribution in [0.15, 0.2) is 0 Å². The van der Waals surface area contributed by atoms with Crippen LogP contribution in [-0.4, -0.2) is 19.0 Å². The zero-order valence-corrected chi connectivity index (χ0v) is 4.50. The summed E-state index contributed by atoms with van der Waals surface area (Å²) in [5.41, 5.74) is 0. The van der Waals surface area contributed by atoms with Gasteiger partial charge in [0, 0.05) is 12.8 Å². The highest BCUT2D eigenvalue weighted by Gasteiger charge is 2.15. The van der Waals surface area contributed by atoms with Gasteiger partial charge in [-0.15, -0.1) is 0 Å². The highest BCUT2D eigenvalue weighted by Crippen LogP contribution is 2.10. The first-order chi connectivity index (χ1) is 3.93. The van der Waals surface area contributed by atoms with E-state index in [1.54, 1.807) is 0 Å². The van der Waals surface area contributed by atoms with Gasteiger partial charge in [-0.3, -0.25) is 0 Å². The number of hydrogen-bond donors (Lipinski definition) is 0. The van der Waals surface area contributed by atoms with Crippen LogP contribution in [0.2, 0.25) is 0 Å². The van der Waals surface area contributed by atoms with E-state index in [0.29, 0.717) is 13.0 Å². The SMILES string of the molecule is O=CCC1CCOO1. The molecule has 1 atom stereocenters. The molecule has 1 saturated heterocycles. The Balaban J connectivity index is 2.14. The fraction of sp³-hybridized carbons (Fsp3) is 0.800. The Morgan fingerprint density at radius 2 is 2.62 bits per heavy atom. The van der Waals surface area contributed by atoms with E-state index >= 15 is 0 Å². The lowest BCUT2D eigenvalue weighted by Crippen LogP contribution is -2.03. The molecular formula is C5H8O3. The minimum atomic E-state index is 0.0208. The first-order valence-electron chi connectivity index (χ1n) is 2.65. The lowest BCUT2D eigenvalue weighted by Gasteiger charge is -1.97. The monoisotopic (exact) mass is 116 g/mol. The molecule has 3 nitrogen and oxygen atoms in total. The lowest BCUT2D eigenvalue weighted by molar-refractivity contribution is -0.273. The zero-order valence-electron chi connectivity index (χ0n) is 4.50. The van der Waals surface area contributed by atoms with E-state index in [4.69, 9.17) is 0 Å². The first-order valence-corrected chi connectivity index (χ1v) is 2.65. The van der Waals surface area contributed by atoms with Crippen molar-refractivity contribution in [1.82, 2.24) is 0 Å². The summed E-state index contributed by atoms with van der Waals surface area (Å²) in [5, 5.41) is 0. The average Bonchev–Trinajstić information content (AvgIpc) is 2.19. The third-order valence-electron chi connectivity index (χ3n) is 1.09. The molecule has 1 aliphatic heterocycles. The van der Waals surface area contributed by atoms with Crippen molar-refractivity contribution in [2.45, 2.75) is 18.9 Å². The first kappa shape index (κ1) is 5.72. The molecule has 8 heavy (non-hydrogen) atoms. The fourth-order valence-electron chi connectivity index (χ4n) is 0.636. The Hall–Kier alpha value is -0.410. The molecule has 0 aromatic heterocycles. The quantitative estimate of drug-likeness (QED) is 0.384. The van der Waals surface area contributed by atoms with Gasteiger partial charge < -0.3 is 4.79 Å². The molecule has 0 aliphatic carbocycles. The third kappa shape index (κ3) is 1.28. The molecule has 1 aliphatic rings. The van der Waals surface area contributed by atoms with Gasteiger partial charge in [0.25, 0.3) is 0 Å². The van der Waals surface area contributed by atoms with E-state index in [2.05, 4.69) is 9.78 Å². The molecule has 0 aromatic rings. The van der Waals surface area contributed by atoms with Crippen molar-refractivity contribution < 1.29 is 14.6 Å². The summed E-state index contributed by atoms with van der Waals surface area (Å²) in [7, 11) is 0. The molecule has 1 rings (SSSR count). The second-order valence-corrected chi connectivity index (χ2v) is 1.73. The Morgan fingerprint density at radius 1 is 1.75 bits per heavy atom. The van der Waals surface area contributed by atoms with Crippen molar-refractivity contribution in [2.24, 2.45) is 0 Å². The van der Waals surface area contributed by atoms with Crippen molar-refractivity contribution in [2.75, 3.05) is 6.61 Å². The smallest absolute Gasteiger partial charge is 0.122 e. The molecule has 1 unspecified atom stereocenters. The van der Waals surface area contributed by atoms with E-state index < -0.39 is 0 Å². The predicted molar refractivity (Wildman–Crippen MR) is 26.1 cm³/mol. The largest absolute Gasteiger partial charge is 0.303 e. The number of carbonyl (C=O) groups excluding carboxylic acids is 1. The van der Waals surface area contributed by atoms with Gasteiger partial charge in [0.2, 0.25) is 0 Å². The van der Waals surface area contributed by atoms with E-state index in [-0.39, 0.29) is 6.10 Å². The summed E-state index contributed by atoms with van der Waals surface area (Å²) in [5.74, 6) is 0. The highest BCUT2D eigenvalue weighted by molar-refractivity contribution is 5.50. The minimum absolute atomic E-state index is 0.0208. The van der Waals surface area contributed by atoms with Crippen LogP contribution in [0.5, 0.6) is 0 Å². The summed E-state index contributed by atoms with van der Waals surface area (Å²) < 4.78 is 0. The van der Waals surface area contributed by atoms with Crippen molar-refractivity contribution >= 4 is 6.29 Å². The molecule has 0 N–H and O–H groups in total. The summed E-state index contributed by atoms with van der Waals surface area (Å²) in [6.07, 6.45) is 2.17. The molecule has 46 valence electrons. The van der Waals surface area contributed by atoms with Crippen LogP contribution in [0, 0.1) is 0 Å². The van der Waals surface area contributed by atoms with Crippen LogP contribution in [0.4, 0.5) is 0 Å². The molecule has 0 spiro atoms. The topological polar surface area (TPSA) is 35.5 Å². The van der Waals surface area contributed by atoms with Crippen molar-refractivity contribution in [3.05, 3.63) is 0 Å². The van der Waals surface area contributed by atoms with Gasteiger partial charge in [0.05, 0.1) is 6.61 Å². The second-order valence-electron chi connectivity index (χ2n) is 1.73. The summed E-state index contributed by atoms with van der Waals surface area (Å²) >= 11 is 0. The van der Waals surface area contributed by atoms with Gasteiger partial charge in [-0.05, 0) is 0 Å². The summed E-state index contributed by atoms with van der Waals surface area (Å²) in [6.45, 7) is 0.624. The second kappa shape index (κ2) is 2.79. The van der Waals surface area contributed by atoms with Crippen molar-refractivity contribution in [1.29, 1.82) is 0 Å². The molecule has 0 saturated carbocycles. The van der Waals surface area contributed by atoms with E-state index in [9.17, 15) is 4.79 Å². The van der Waals surface area contributed by atoms with Gasteiger partial charge in [-0.1, -0.05) is 0 Å². The van der Waals surface area contributed by atoms with Crippen LogP contribution in [0.3, 0.4) is 0 Å². The number of aldehydes is 1. The highest BCUT2D eigenvalue weighted by atomic mass is 17.2. The normalized spacial score (nSPS) is 28.2. The Bertz CT molecular complexity index is 75.7. The van der Waals surface area contributed by atoms with Crippen LogP contribution < -0.4 is 0 Å². The van der Waals surface area contributed by atoms with Gasteiger partial charge >= 0.3 is 0 Å². The maximum atomic E-state index is 9.83. The molecule has 0 bridgehead atoms. The zero-order chi connectivity index (χ0) is 5.82. The fourth-order valence-corrected chi connectivity index (χ4v) is 0.636. The number of hydrogen-bond acceptors (Lipinski definition) is 3. The number of carbonyl (C=O) groups is 1. The van der Waals surface area contributed by atoms with Crippen molar-refractivity contribution in [3.8, 4) is 0 Å². The van der Waals surface area contributed by atoms with Gasteiger partial charge in [-0.2, -0.15) is 0 Å². The molecule has 0 radical (unpaired) electrons.